The fourth-order valence-corrected chi connectivity index (χ4v) is 1.06. The third kappa shape index (κ3) is 1.67. The van der Waals surface area contributed by atoms with Gasteiger partial charge in [-0.25, -0.2) is 0 Å². The summed E-state index contributed by atoms with van der Waals surface area (Å²) in [4.78, 5) is 0. The van der Waals surface area contributed by atoms with Crippen molar-refractivity contribution in [1.82, 2.24) is 0 Å². The minimum Gasteiger partial charge on any atom is -0.394 e. The average molecular weight is 147 g/mol. The minimum absolute atomic E-state index is 0.0854. The van der Waals surface area contributed by atoms with E-state index in [4.69, 9.17) is 15.6 Å². The molecule has 0 aliphatic carbocycles. The van der Waals surface area contributed by atoms with Crippen molar-refractivity contribution >= 4 is 0 Å². The highest BCUT2D eigenvalue weighted by Crippen LogP contribution is 2.12. The number of rotatable bonds is 1. The Hall–Kier alpha value is -0.160. The van der Waals surface area contributed by atoms with Gasteiger partial charge in [-0.05, 0) is 6.42 Å². The Bertz CT molecular complexity index is 109. The minimum atomic E-state index is -0.603. The Morgan fingerprint density at radius 1 is 1.60 bits per heavy atom. The number of hydrogen-bond acceptors (Lipinski definition) is 4. The largest absolute Gasteiger partial charge is 0.394 e. The van der Waals surface area contributed by atoms with Gasteiger partial charge in [-0.2, -0.15) is 0 Å². The van der Waals surface area contributed by atoms with Gasteiger partial charge < -0.3 is 20.7 Å². The van der Waals surface area contributed by atoms with Crippen LogP contribution < -0.4 is 5.73 Å². The van der Waals surface area contributed by atoms with E-state index in [1.54, 1.807) is 0 Å². The molecule has 60 valence electrons. The van der Waals surface area contributed by atoms with Crippen molar-refractivity contribution < 1.29 is 14.9 Å². The summed E-state index contributed by atoms with van der Waals surface area (Å²) in [6.45, 7) is 0.302. The van der Waals surface area contributed by atoms with Gasteiger partial charge >= 0.3 is 0 Å². The first-order valence-electron chi connectivity index (χ1n) is 3.40. The van der Waals surface area contributed by atoms with E-state index >= 15 is 0 Å². The van der Waals surface area contributed by atoms with Crippen molar-refractivity contribution in [2.24, 2.45) is 5.73 Å². The molecule has 0 radical (unpaired) electrons. The lowest BCUT2D eigenvalue weighted by Crippen LogP contribution is -2.46. The average Bonchev–Trinajstić information content (AvgIpc) is 1.88. The Labute approximate surface area is 59.6 Å². The monoisotopic (exact) mass is 147 g/mol. The first kappa shape index (κ1) is 7.94. The number of ether oxygens (including phenoxy) is 1. The molecule has 4 nitrogen and oxygen atoms in total. The van der Waals surface area contributed by atoms with Crippen LogP contribution in [0.5, 0.6) is 0 Å². The van der Waals surface area contributed by atoms with Gasteiger partial charge in [0, 0.05) is 6.04 Å². The zero-order valence-corrected chi connectivity index (χ0v) is 5.73. The predicted molar refractivity (Wildman–Crippen MR) is 35.4 cm³/mol. The fraction of sp³-hybridized carbons (Fsp3) is 1.00. The van der Waals surface area contributed by atoms with Crippen LogP contribution in [0.3, 0.4) is 0 Å². The maximum atomic E-state index is 9.17. The normalized spacial score (nSPS) is 41.7. The van der Waals surface area contributed by atoms with Crippen LogP contribution in [0.2, 0.25) is 0 Å². The quantitative estimate of drug-likeness (QED) is 0.420. The van der Waals surface area contributed by atoms with Crippen LogP contribution in [-0.4, -0.2) is 41.7 Å². The highest BCUT2D eigenvalue weighted by atomic mass is 16.5. The van der Waals surface area contributed by atoms with Crippen LogP contribution in [0.15, 0.2) is 0 Å². The summed E-state index contributed by atoms with van der Waals surface area (Å²) in [5, 5.41) is 17.8. The molecule has 3 unspecified atom stereocenters. The molecule has 3 atom stereocenters. The molecule has 0 amide bonds. The highest BCUT2D eigenvalue weighted by molar-refractivity contribution is 4.79. The van der Waals surface area contributed by atoms with Crippen molar-refractivity contribution in [3.63, 3.8) is 0 Å². The number of aliphatic hydroxyl groups excluding tert-OH is 2. The van der Waals surface area contributed by atoms with Gasteiger partial charge in [0.25, 0.3) is 0 Å². The second kappa shape index (κ2) is 3.30. The molecule has 1 aliphatic rings. The van der Waals surface area contributed by atoms with E-state index in [1.807, 2.05) is 0 Å². The summed E-state index contributed by atoms with van der Waals surface area (Å²) < 4.78 is 5.03. The first-order valence-corrected chi connectivity index (χ1v) is 3.40. The lowest BCUT2D eigenvalue weighted by Gasteiger charge is -2.30. The summed E-state index contributed by atoms with van der Waals surface area (Å²) in [5.41, 5.74) is 5.48. The predicted octanol–water partition coefficient (Wildman–Crippen LogP) is -1.54. The van der Waals surface area contributed by atoms with E-state index < -0.39 is 12.2 Å². The maximum absolute atomic E-state index is 9.17. The summed E-state index contributed by atoms with van der Waals surface area (Å²) in [7, 11) is 0. The van der Waals surface area contributed by atoms with Gasteiger partial charge in [-0.15, -0.1) is 0 Å². The van der Waals surface area contributed by atoms with Crippen LogP contribution in [-0.2, 0) is 4.74 Å². The summed E-state index contributed by atoms with van der Waals surface area (Å²) >= 11 is 0. The van der Waals surface area contributed by atoms with Crippen LogP contribution >= 0.6 is 0 Å². The smallest absolute Gasteiger partial charge is 0.106 e. The summed E-state index contributed by atoms with van der Waals surface area (Å²) in [6, 6.07) is -0.0854. The van der Waals surface area contributed by atoms with Crippen molar-refractivity contribution in [1.29, 1.82) is 0 Å². The molecule has 0 saturated carbocycles. The van der Waals surface area contributed by atoms with Gasteiger partial charge in [0.1, 0.15) is 6.10 Å². The van der Waals surface area contributed by atoms with Crippen molar-refractivity contribution in [3.8, 4) is 0 Å². The van der Waals surface area contributed by atoms with E-state index in [-0.39, 0.29) is 12.6 Å². The molecule has 1 heterocycles. The number of aliphatic hydroxyl groups is 2. The SMILES string of the molecule is NC1COC(CO)C(O)C1. The van der Waals surface area contributed by atoms with Crippen LogP contribution in [0.25, 0.3) is 0 Å². The van der Waals surface area contributed by atoms with Gasteiger partial charge in [0.05, 0.1) is 19.3 Å². The Morgan fingerprint density at radius 2 is 2.30 bits per heavy atom. The van der Waals surface area contributed by atoms with Gasteiger partial charge in [-0.3, -0.25) is 0 Å². The molecule has 1 fully saturated rings. The molecule has 4 N–H and O–H groups in total. The summed E-state index contributed by atoms with van der Waals surface area (Å²) in [6.07, 6.45) is -0.515. The second-order valence-electron chi connectivity index (χ2n) is 2.62. The Morgan fingerprint density at radius 3 is 2.80 bits per heavy atom. The zero-order chi connectivity index (χ0) is 7.56. The second-order valence-corrected chi connectivity index (χ2v) is 2.62. The van der Waals surface area contributed by atoms with Crippen molar-refractivity contribution in [2.75, 3.05) is 13.2 Å². The molecule has 1 aliphatic heterocycles. The lowest BCUT2D eigenvalue weighted by molar-refractivity contribution is -0.101. The van der Waals surface area contributed by atoms with Crippen LogP contribution in [0.4, 0.5) is 0 Å². The van der Waals surface area contributed by atoms with E-state index in [0.29, 0.717) is 13.0 Å². The molecule has 0 bridgehead atoms. The Kier molecular flexibility index (Phi) is 2.62. The van der Waals surface area contributed by atoms with E-state index in [1.165, 1.54) is 0 Å². The van der Waals surface area contributed by atoms with Crippen molar-refractivity contribution in [2.45, 2.75) is 24.7 Å². The first-order chi connectivity index (χ1) is 4.74. The third-order valence-electron chi connectivity index (χ3n) is 1.68. The van der Waals surface area contributed by atoms with Crippen LogP contribution in [0, 0.1) is 0 Å². The van der Waals surface area contributed by atoms with Crippen molar-refractivity contribution in [3.05, 3.63) is 0 Å². The molecule has 1 rings (SSSR count). The van der Waals surface area contributed by atoms with Crippen LogP contribution in [0.1, 0.15) is 6.42 Å². The van der Waals surface area contributed by atoms with E-state index in [0.717, 1.165) is 0 Å². The molecular formula is C6H13NO3. The van der Waals surface area contributed by atoms with Gasteiger partial charge in [-0.1, -0.05) is 0 Å². The number of nitrogens with two attached hydrogens (primary N) is 1. The van der Waals surface area contributed by atoms with E-state index in [9.17, 15) is 5.11 Å². The fourth-order valence-electron chi connectivity index (χ4n) is 1.06. The standard InChI is InChI=1S/C6H13NO3/c7-4-1-5(9)6(2-8)10-3-4/h4-6,8-9H,1-3,7H2. The lowest BCUT2D eigenvalue weighted by atomic mass is 10.0. The van der Waals surface area contributed by atoms with Gasteiger partial charge in [0.2, 0.25) is 0 Å². The molecule has 0 aromatic heterocycles. The van der Waals surface area contributed by atoms with E-state index in [2.05, 4.69) is 0 Å². The molecular weight excluding hydrogens is 134 g/mol. The molecule has 0 spiro atoms. The maximum Gasteiger partial charge on any atom is 0.106 e. The molecule has 0 aromatic carbocycles. The highest BCUT2D eigenvalue weighted by Gasteiger charge is 2.26. The molecule has 0 aromatic rings. The topological polar surface area (TPSA) is 75.7 Å². The molecule has 10 heavy (non-hydrogen) atoms. The third-order valence-corrected chi connectivity index (χ3v) is 1.68. The summed E-state index contributed by atoms with van der Waals surface area (Å²) in [5.74, 6) is 0. The zero-order valence-electron chi connectivity index (χ0n) is 5.73. The number of hydrogen-bond donors (Lipinski definition) is 3. The molecule has 4 heteroatoms. The molecule has 1 saturated heterocycles. The van der Waals surface area contributed by atoms with Gasteiger partial charge in [0.15, 0.2) is 0 Å². The Balaban J connectivity index is 2.36.